The molecule has 134 valence electrons. The summed E-state index contributed by atoms with van der Waals surface area (Å²) in [5.74, 6) is 0.657. The van der Waals surface area contributed by atoms with Gasteiger partial charge in [-0.3, -0.25) is 10.1 Å². The fraction of sp³-hybridized carbons (Fsp3) is 0.105. The molecule has 0 spiro atoms. The Bertz CT molecular complexity index is 1090. The summed E-state index contributed by atoms with van der Waals surface area (Å²) in [5, 5.41) is 17.0. The highest BCUT2D eigenvalue weighted by Crippen LogP contribution is 2.46. The number of benzene rings is 1. The van der Waals surface area contributed by atoms with E-state index in [9.17, 15) is 5.26 Å². The first kappa shape index (κ1) is 17.1. The Morgan fingerprint density at radius 1 is 1.37 bits per heavy atom. The lowest BCUT2D eigenvalue weighted by Crippen LogP contribution is -2.21. The molecule has 1 aliphatic heterocycles. The number of rotatable bonds is 3. The van der Waals surface area contributed by atoms with Gasteiger partial charge in [0.1, 0.15) is 17.4 Å². The molecule has 0 bridgehead atoms. The first-order valence-corrected chi connectivity index (χ1v) is 8.83. The highest BCUT2D eigenvalue weighted by Gasteiger charge is 2.35. The van der Waals surface area contributed by atoms with Crippen LogP contribution in [0.15, 0.2) is 58.7 Å². The third-order valence-corrected chi connectivity index (χ3v) is 5.02. The number of aromatic amines is 1. The molecule has 0 fully saturated rings. The summed E-state index contributed by atoms with van der Waals surface area (Å²) in [6.07, 6.45) is 3.42. The van der Waals surface area contributed by atoms with Gasteiger partial charge in [0.25, 0.3) is 0 Å². The number of H-pyrrole nitrogens is 1. The van der Waals surface area contributed by atoms with E-state index >= 15 is 0 Å². The summed E-state index contributed by atoms with van der Waals surface area (Å²) in [4.78, 5) is 4.16. The highest BCUT2D eigenvalue weighted by atomic mass is 79.9. The number of allylic oxidation sites excluding steroid dienone is 1. The second-order valence-corrected chi connectivity index (χ2v) is 6.73. The molecule has 3 heterocycles. The minimum Gasteiger partial charge on any atom is -0.496 e. The smallest absolute Gasteiger partial charge is 0.244 e. The van der Waals surface area contributed by atoms with Crippen LogP contribution < -0.4 is 15.2 Å². The first-order chi connectivity index (χ1) is 13.1. The van der Waals surface area contributed by atoms with Crippen molar-refractivity contribution < 1.29 is 9.47 Å². The predicted molar refractivity (Wildman–Crippen MR) is 102 cm³/mol. The summed E-state index contributed by atoms with van der Waals surface area (Å²) in [6, 6.07) is 11.6. The van der Waals surface area contributed by atoms with Crippen molar-refractivity contribution in [2.45, 2.75) is 5.92 Å². The number of nitrogens with two attached hydrogens (primary N) is 1. The Hall–Kier alpha value is -3.31. The average Bonchev–Trinajstić information content (AvgIpc) is 3.10. The van der Waals surface area contributed by atoms with Gasteiger partial charge in [-0.2, -0.15) is 5.26 Å². The summed E-state index contributed by atoms with van der Waals surface area (Å²) >= 11 is 3.51. The van der Waals surface area contributed by atoms with E-state index in [1.54, 1.807) is 19.5 Å². The van der Waals surface area contributed by atoms with E-state index in [0.29, 0.717) is 17.2 Å². The van der Waals surface area contributed by atoms with Crippen LogP contribution in [0.2, 0.25) is 0 Å². The molecule has 0 amide bonds. The Kier molecular flexibility index (Phi) is 4.30. The van der Waals surface area contributed by atoms with Crippen molar-refractivity contribution in [1.29, 1.82) is 5.26 Å². The van der Waals surface area contributed by atoms with Crippen molar-refractivity contribution in [3.05, 3.63) is 69.8 Å². The second kappa shape index (κ2) is 6.78. The van der Waals surface area contributed by atoms with Gasteiger partial charge in [0.2, 0.25) is 11.8 Å². The van der Waals surface area contributed by atoms with Gasteiger partial charge in [0.05, 0.1) is 28.8 Å². The topological polar surface area (TPSA) is 110 Å². The van der Waals surface area contributed by atoms with Crippen LogP contribution >= 0.6 is 15.9 Å². The van der Waals surface area contributed by atoms with Gasteiger partial charge >= 0.3 is 0 Å². The third kappa shape index (κ3) is 2.82. The molecular weight excluding hydrogens is 410 g/mol. The number of nitriles is 1. The monoisotopic (exact) mass is 423 g/mol. The number of nitrogens with zero attached hydrogens (tertiary/aromatic N) is 3. The third-order valence-electron chi connectivity index (χ3n) is 4.40. The summed E-state index contributed by atoms with van der Waals surface area (Å²) < 4.78 is 11.7. The van der Waals surface area contributed by atoms with E-state index < -0.39 is 5.92 Å². The van der Waals surface area contributed by atoms with Crippen LogP contribution in [0.5, 0.6) is 11.6 Å². The van der Waals surface area contributed by atoms with Crippen molar-refractivity contribution >= 4 is 15.9 Å². The number of nitrogens with one attached hydrogen (secondary N) is 1. The molecule has 0 saturated heterocycles. The fourth-order valence-corrected chi connectivity index (χ4v) is 3.73. The van der Waals surface area contributed by atoms with Gasteiger partial charge in [-0.05, 0) is 45.8 Å². The molecule has 4 rings (SSSR count). The summed E-state index contributed by atoms with van der Waals surface area (Å²) in [6.45, 7) is 0. The molecular formula is C19H14BrN5O2. The van der Waals surface area contributed by atoms with Crippen molar-refractivity contribution in [3.63, 3.8) is 0 Å². The van der Waals surface area contributed by atoms with Gasteiger partial charge in [-0.15, -0.1) is 5.10 Å². The van der Waals surface area contributed by atoms with Crippen LogP contribution in [-0.2, 0) is 0 Å². The number of pyridine rings is 1. The molecule has 1 aliphatic rings. The highest BCUT2D eigenvalue weighted by molar-refractivity contribution is 9.10. The SMILES string of the molecule is COc1ccc(C2C(C#N)=C(N)Oc3n[nH]c(-c4cccnc4)c32)cc1Br. The van der Waals surface area contributed by atoms with Crippen LogP contribution in [-0.4, -0.2) is 22.3 Å². The van der Waals surface area contributed by atoms with E-state index in [4.69, 9.17) is 15.2 Å². The van der Waals surface area contributed by atoms with Gasteiger partial charge in [0, 0.05) is 18.0 Å². The molecule has 0 radical (unpaired) electrons. The maximum Gasteiger partial charge on any atom is 0.244 e. The van der Waals surface area contributed by atoms with Gasteiger partial charge in [-0.1, -0.05) is 6.07 Å². The zero-order valence-electron chi connectivity index (χ0n) is 14.2. The number of ether oxygens (including phenoxy) is 2. The Balaban J connectivity index is 1.94. The number of fused-ring (bicyclic) bond motifs is 1. The van der Waals surface area contributed by atoms with Crippen molar-refractivity contribution in [2.75, 3.05) is 7.11 Å². The predicted octanol–water partition coefficient (Wildman–Crippen LogP) is 3.46. The molecule has 27 heavy (non-hydrogen) atoms. The molecule has 1 aromatic carbocycles. The summed E-state index contributed by atoms with van der Waals surface area (Å²) in [7, 11) is 1.60. The zero-order valence-corrected chi connectivity index (χ0v) is 15.8. The average molecular weight is 424 g/mol. The van der Waals surface area contributed by atoms with Crippen molar-refractivity contribution in [3.8, 4) is 29.0 Å². The number of aromatic nitrogens is 3. The van der Waals surface area contributed by atoms with Gasteiger partial charge in [0.15, 0.2) is 0 Å². The lowest BCUT2D eigenvalue weighted by Gasteiger charge is -2.24. The lowest BCUT2D eigenvalue weighted by atomic mass is 9.83. The van der Waals surface area contributed by atoms with Crippen LogP contribution in [0.4, 0.5) is 0 Å². The van der Waals surface area contributed by atoms with E-state index in [1.807, 2.05) is 30.3 Å². The number of methoxy groups -OCH3 is 1. The van der Waals surface area contributed by atoms with Crippen LogP contribution in [0, 0.1) is 11.3 Å². The quantitative estimate of drug-likeness (QED) is 0.667. The maximum absolute atomic E-state index is 9.74. The number of halogens is 1. The normalized spacial score (nSPS) is 15.7. The van der Waals surface area contributed by atoms with E-state index in [1.165, 1.54) is 0 Å². The van der Waals surface area contributed by atoms with Crippen molar-refractivity contribution in [2.24, 2.45) is 5.73 Å². The van der Waals surface area contributed by atoms with Crippen molar-refractivity contribution in [1.82, 2.24) is 15.2 Å². The minimum atomic E-state index is -0.435. The standard InChI is InChI=1S/C19H14BrN5O2/c1-26-14-5-4-10(7-13(14)20)15-12(8-21)18(22)27-19-16(15)17(24-25-19)11-3-2-6-23-9-11/h2-7,9,15H,22H2,1H3,(H,24,25). The van der Waals surface area contributed by atoms with E-state index in [0.717, 1.165) is 26.9 Å². The Labute approximate surface area is 163 Å². The molecule has 8 heteroatoms. The molecule has 3 aromatic rings. The lowest BCUT2D eigenvalue weighted by molar-refractivity contribution is 0.379. The minimum absolute atomic E-state index is 0.0474. The van der Waals surface area contributed by atoms with E-state index in [2.05, 4.69) is 37.2 Å². The summed E-state index contributed by atoms with van der Waals surface area (Å²) in [5.41, 5.74) is 9.50. The first-order valence-electron chi connectivity index (χ1n) is 8.03. The molecule has 7 nitrogen and oxygen atoms in total. The number of hydrogen-bond acceptors (Lipinski definition) is 6. The molecule has 3 N–H and O–H groups in total. The Morgan fingerprint density at radius 3 is 2.89 bits per heavy atom. The molecule has 0 saturated carbocycles. The molecule has 1 unspecified atom stereocenters. The molecule has 2 aromatic heterocycles. The number of hydrogen-bond donors (Lipinski definition) is 2. The molecule has 1 atom stereocenters. The van der Waals surface area contributed by atoms with Gasteiger partial charge < -0.3 is 15.2 Å². The largest absolute Gasteiger partial charge is 0.496 e. The van der Waals surface area contributed by atoms with Crippen LogP contribution in [0.3, 0.4) is 0 Å². The van der Waals surface area contributed by atoms with Crippen LogP contribution in [0.25, 0.3) is 11.3 Å². The zero-order chi connectivity index (χ0) is 19.0. The van der Waals surface area contributed by atoms with Gasteiger partial charge in [-0.25, -0.2) is 0 Å². The fourth-order valence-electron chi connectivity index (χ4n) is 3.17. The van der Waals surface area contributed by atoms with Crippen LogP contribution in [0.1, 0.15) is 17.0 Å². The Morgan fingerprint density at radius 2 is 2.22 bits per heavy atom. The second-order valence-electron chi connectivity index (χ2n) is 5.88. The van der Waals surface area contributed by atoms with E-state index in [-0.39, 0.29) is 5.88 Å². The maximum atomic E-state index is 9.74. The molecule has 0 aliphatic carbocycles.